The number of H-pyrrole nitrogens is 2. The summed E-state index contributed by atoms with van der Waals surface area (Å²) >= 11 is 0. The number of methoxy groups -OCH3 is 1. The van der Waals surface area contributed by atoms with Gasteiger partial charge in [0.1, 0.15) is 17.2 Å². The molecule has 68 heavy (non-hydrogen) atoms. The van der Waals surface area contributed by atoms with Gasteiger partial charge >= 0.3 is 0 Å². The molecule has 4 N–H and O–H groups in total. The lowest BCUT2D eigenvalue weighted by atomic mass is 10.1. The highest BCUT2D eigenvalue weighted by molar-refractivity contribution is 6.00. The van der Waals surface area contributed by atoms with E-state index in [1.165, 1.54) is 0 Å². The minimum absolute atomic E-state index is 0.0115. The van der Waals surface area contributed by atoms with Crippen LogP contribution in [0.3, 0.4) is 0 Å². The van der Waals surface area contributed by atoms with E-state index in [4.69, 9.17) is 9.47 Å². The number of aromatic amines is 2. The molecule has 0 unspecified atom stereocenters. The summed E-state index contributed by atoms with van der Waals surface area (Å²) in [6, 6.07) is 30.6. The number of aromatic nitrogens is 10. The molecule has 0 radical (unpaired) electrons. The number of likely N-dealkylation sites (tertiary alicyclic amines) is 1. The molecule has 2 aliphatic heterocycles. The van der Waals surface area contributed by atoms with Crippen LogP contribution in [0.5, 0.6) is 0 Å². The third-order valence-electron chi connectivity index (χ3n) is 11.8. The molecular weight excluding hydrogens is 861 g/mol. The Kier molecular flexibility index (Phi) is 12.8. The van der Waals surface area contributed by atoms with Crippen molar-refractivity contribution in [2.75, 3.05) is 50.6 Å². The second kappa shape index (κ2) is 20.0. The van der Waals surface area contributed by atoms with Gasteiger partial charge in [-0.3, -0.25) is 19.6 Å². The van der Waals surface area contributed by atoms with Crippen LogP contribution in [0.4, 0.5) is 23.3 Å². The molecule has 0 aliphatic carbocycles. The van der Waals surface area contributed by atoms with Crippen LogP contribution in [-0.2, 0) is 22.6 Å². The van der Waals surface area contributed by atoms with Crippen LogP contribution in [-0.4, -0.2) is 117 Å². The van der Waals surface area contributed by atoms with Crippen LogP contribution >= 0.6 is 0 Å². The average molecular weight is 909 g/mol. The van der Waals surface area contributed by atoms with Crippen molar-refractivity contribution in [3.63, 3.8) is 0 Å². The molecular formula is C50H48N14O4. The lowest BCUT2D eigenvalue weighted by molar-refractivity contribution is -0.0123. The van der Waals surface area contributed by atoms with Gasteiger partial charge in [0.05, 0.1) is 48.6 Å². The zero-order chi connectivity index (χ0) is 46.2. The van der Waals surface area contributed by atoms with E-state index in [0.717, 1.165) is 81.2 Å². The number of imidazole rings is 1. The van der Waals surface area contributed by atoms with E-state index in [2.05, 4.69) is 60.1 Å². The van der Waals surface area contributed by atoms with Gasteiger partial charge in [-0.05, 0) is 97.8 Å². The zero-order valence-corrected chi connectivity index (χ0v) is 37.2. The van der Waals surface area contributed by atoms with Crippen molar-refractivity contribution in [3.8, 4) is 22.8 Å². The van der Waals surface area contributed by atoms with Crippen molar-refractivity contribution in [2.24, 2.45) is 0 Å². The quantitative estimate of drug-likeness (QED) is 0.0870. The normalized spacial score (nSPS) is 13.8. The van der Waals surface area contributed by atoms with E-state index in [9.17, 15) is 9.59 Å². The van der Waals surface area contributed by atoms with Gasteiger partial charge in [-0.25, -0.2) is 24.9 Å². The molecule has 2 aromatic carbocycles. The lowest BCUT2D eigenvalue weighted by Gasteiger charge is -2.31. The molecule has 9 heterocycles. The Bertz CT molecular complexity index is 3170. The number of hydrogen-bond acceptors (Lipinski definition) is 13. The molecule has 342 valence electrons. The van der Waals surface area contributed by atoms with Crippen LogP contribution in [0, 0.1) is 0 Å². The maximum absolute atomic E-state index is 13.1. The Morgan fingerprint density at radius 3 is 1.75 bits per heavy atom. The summed E-state index contributed by atoms with van der Waals surface area (Å²) in [5.74, 6) is 1.85. The first-order valence-electron chi connectivity index (χ1n) is 22.4. The fraction of sp³-hybridized carbons (Fsp3) is 0.220. The van der Waals surface area contributed by atoms with Crippen LogP contribution in [0.1, 0.15) is 39.6 Å². The number of ether oxygens (including phenoxy) is 2. The number of benzene rings is 2. The van der Waals surface area contributed by atoms with Crippen molar-refractivity contribution in [3.05, 3.63) is 151 Å². The highest BCUT2D eigenvalue weighted by Crippen LogP contribution is 2.27. The fourth-order valence-corrected chi connectivity index (χ4v) is 8.27. The monoisotopic (exact) mass is 908 g/mol. The van der Waals surface area contributed by atoms with Crippen molar-refractivity contribution in [1.29, 1.82) is 0 Å². The number of piperidine rings is 1. The molecule has 1 fully saturated rings. The third kappa shape index (κ3) is 10.1. The standard InChI is InChI=1S/C26H28N6O3.C24H20N8O/c1-34-14-15-35-20-8-12-32(13-9-20)25(33)24-17-18-16-19(5-6-21(18)30-24)29-26-28-11-7-23(31-26)22-4-2-3-10-27-22;33-23(32-12-11-31-10-9-26-22(31)15-32)21-14-16-13-17(4-5-18(16)29-21)28-24-27-8-6-20(30-24)19-3-1-2-7-25-19/h2-7,10-11,16-17,20,30H,8-9,12-15H2,1H3,(H,28,29,31);1-10,13-14,29H,11-12,15H2,(H,27,28,30). The highest BCUT2D eigenvalue weighted by atomic mass is 16.5. The minimum Gasteiger partial charge on any atom is -0.382 e. The van der Waals surface area contributed by atoms with E-state index in [1.54, 1.807) is 38.1 Å². The SMILES string of the molecule is COCCOC1CCN(C(=O)c2cc3cc(Nc4nccc(-c5ccccn5)n4)ccc3[nH]2)CC1.O=C(c1cc2cc(Nc3nccc(-c4ccccn4)n3)ccc2[nH]1)N1CCn2ccnc2C1. The third-order valence-corrected chi connectivity index (χ3v) is 11.8. The van der Waals surface area contributed by atoms with Crippen molar-refractivity contribution < 1.29 is 19.1 Å². The number of nitrogens with zero attached hydrogens (tertiary/aromatic N) is 10. The number of nitrogens with one attached hydrogen (secondary N) is 4. The Morgan fingerprint density at radius 2 is 1.19 bits per heavy atom. The minimum atomic E-state index is -0.0265. The van der Waals surface area contributed by atoms with Gasteiger partial charge in [-0.1, -0.05) is 12.1 Å². The molecule has 0 bridgehead atoms. The number of anilines is 4. The van der Waals surface area contributed by atoms with Crippen molar-refractivity contribution in [1.82, 2.24) is 59.2 Å². The fourth-order valence-electron chi connectivity index (χ4n) is 8.27. The second-order valence-corrected chi connectivity index (χ2v) is 16.3. The summed E-state index contributed by atoms with van der Waals surface area (Å²) in [5, 5.41) is 8.37. The predicted molar refractivity (Wildman–Crippen MR) is 257 cm³/mol. The molecule has 2 aliphatic rings. The van der Waals surface area contributed by atoms with Gasteiger partial charge in [0.15, 0.2) is 0 Å². The second-order valence-electron chi connectivity index (χ2n) is 16.3. The number of carbonyl (C=O) groups excluding carboxylic acids is 2. The first-order chi connectivity index (χ1) is 33.4. The summed E-state index contributed by atoms with van der Waals surface area (Å²) in [7, 11) is 1.67. The van der Waals surface area contributed by atoms with Crippen molar-refractivity contribution >= 4 is 56.9 Å². The van der Waals surface area contributed by atoms with Crippen LogP contribution in [0.2, 0.25) is 0 Å². The van der Waals surface area contributed by atoms with Gasteiger partial charge in [0.25, 0.3) is 11.8 Å². The lowest BCUT2D eigenvalue weighted by Crippen LogP contribution is -2.41. The zero-order valence-electron chi connectivity index (χ0n) is 37.2. The highest BCUT2D eigenvalue weighted by Gasteiger charge is 2.26. The first-order valence-corrected chi connectivity index (χ1v) is 22.4. The molecule has 7 aromatic heterocycles. The van der Waals surface area contributed by atoms with Crippen LogP contribution in [0.15, 0.2) is 134 Å². The van der Waals surface area contributed by atoms with Crippen LogP contribution in [0.25, 0.3) is 44.6 Å². The summed E-state index contributed by atoms with van der Waals surface area (Å²) in [6.45, 7) is 4.48. The smallest absolute Gasteiger partial charge is 0.270 e. The molecule has 0 saturated carbocycles. The summed E-state index contributed by atoms with van der Waals surface area (Å²) in [6.07, 6.45) is 12.5. The number of rotatable bonds is 12. The van der Waals surface area contributed by atoms with Gasteiger partial charge in [-0.2, -0.15) is 0 Å². The number of amides is 2. The van der Waals surface area contributed by atoms with E-state index in [0.29, 0.717) is 62.7 Å². The van der Waals surface area contributed by atoms with Crippen molar-refractivity contribution in [2.45, 2.75) is 32.0 Å². The van der Waals surface area contributed by atoms with Crippen LogP contribution < -0.4 is 10.6 Å². The molecule has 1 saturated heterocycles. The predicted octanol–water partition coefficient (Wildman–Crippen LogP) is 7.65. The Hall–Kier alpha value is -8.35. The Balaban J connectivity index is 0.000000159. The largest absolute Gasteiger partial charge is 0.382 e. The maximum atomic E-state index is 13.1. The van der Waals surface area contributed by atoms with E-state index in [-0.39, 0.29) is 17.9 Å². The summed E-state index contributed by atoms with van der Waals surface area (Å²) in [4.78, 5) is 67.2. The number of carbonyl (C=O) groups is 2. The molecule has 18 heteroatoms. The van der Waals surface area contributed by atoms with E-state index in [1.807, 2.05) is 113 Å². The first kappa shape index (κ1) is 43.5. The molecule has 11 rings (SSSR count). The molecule has 18 nitrogen and oxygen atoms in total. The topological polar surface area (TPSA) is 210 Å². The van der Waals surface area contributed by atoms with Gasteiger partial charge < -0.3 is 44.4 Å². The van der Waals surface area contributed by atoms with Gasteiger partial charge in [0, 0.05) is 104 Å². The molecule has 0 spiro atoms. The van der Waals surface area contributed by atoms with Gasteiger partial charge in [-0.15, -0.1) is 0 Å². The average Bonchev–Trinajstić information content (AvgIpc) is 4.16. The number of pyridine rings is 2. The molecule has 2 amide bonds. The summed E-state index contributed by atoms with van der Waals surface area (Å²) in [5.41, 5.74) is 7.67. The maximum Gasteiger partial charge on any atom is 0.270 e. The van der Waals surface area contributed by atoms with E-state index >= 15 is 0 Å². The molecule has 0 atom stereocenters. The molecule has 9 aromatic rings. The summed E-state index contributed by atoms with van der Waals surface area (Å²) < 4.78 is 12.9. The van der Waals surface area contributed by atoms with E-state index < -0.39 is 0 Å². The number of hydrogen-bond donors (Lipinski definition) is 4. The Morgan fingerprint density at radius 1 is 0.603 bits per heavy atom. The Labute approximate surface area is 390 Å². The van der Waals surface area contributed by atoms with Gasteiger partial charge in [0.2, 0.25) is 11.9 Å². The number of fused-ring (bicyclic) bond motifs is 3.